The molecular weight excluding hydrogens is 296 g/mol. The molecule has 0 radical (unpaired) electrons. The molecule has 0 spiro atoms. The Kier molecular flexibility index (Phi) is 3.00. The molecule has 3 saturated carbocycles. The Labute approximate surface area is 145 Å². The normalized spacial score (nSPS) is 53.0. The van der Waals surface area contributed by atoms with Crippen LogP contribution in [0, 0.1) is 34.5 Å². The van der Waals surface area contributed by atoms with Gasteiger partial charge in [-0.3, -0.25) is 5.10 Å². The van der Waals surface area contributed by atoms with E-state index in [9.17, 15) is 5.11 Å². The molecule has 2 N–H and O–H groups in total. The van der Waals surface area contributed by atoms with E-state index < -0.39 is 5.60 Å². The fraction of sp³-hybridized carbons (Fsp3) is 0.857. The second-order valence-corrected chi connectivity index (χ2v) is 10.2. The van der Waals surface area contributed by atoms with Gasteiger partial charge in [0.05, 0.1) is 11.8 Å². The molecule has 4 aliphatic carbocycles. The summed E-state index contributed by atoms with van der Waals surface area (Å²) in [5.74, 6) is 3.21. The van der Waals surface area contributed by atoms with Crippen molar-refractivity contribution in [1.82, 2.24) is 10.2 Å². The Bertz CT molecular complexity index is 665. The van der Waals surface area contributed by atoms with Crippen molar-refractivity contribution >= 4 is 0 Å². The van der Waals surface area contributed by atoms with Crippen molar-refractivity contribution in [2.45, 2.75) is 77.7 Å². The molecule has 132 valence electrons. The van der Waals surface area contributed by atoms with Gasteiger partial charge in [0.1, 0.15) is 0 Å². The van der Waals surface area contributed by atoms with Gasteiger partial charge in [-0.2, -0.15) is 5.10 Å². The minimum atomic E-state index is -0.454. The van der Waals surface area contributed by atoms with E-state index in [4.69, 9.17) is 0 Å². The van der Waals surface area contributed by atoms with Crippen LogP contribution >= 0.6 is 0 Å². The van der Waals surface area contributed by atoms with Crippen molar-refractivity contribution < 1.29 is 5.11 Å². The number of aromatic amines is 1. The molecule has 1 aromatic heterocycles. The summed E-state index contributed by atoms with van der Waals surface area (Å²) < 4.78 is 0. The molecule has 0 aliphatic heterocycles. The van der Waals surface area contributed by atoms with E-state index in [0.29, 0.717) is 5.41 Å². The van der Waals surface area contributed by atoms with Crippen LogP contribution < -0.4 is 0 Å². The van der Waals surface area contributed by atoms with Crippen LogP contribution in [0.3, 0.4) is 0 Å². The number of H-pyrrole nitrogens is 1. The highest BCUT2D eigenvalue weighted by molar-refractivity contribution is 5.26. The van der Waals surface area contributed by atoms with Gasteiger partial charge in [-0.1, -0.05) is 13.8 Å². The van der Waals surface area contributed by atoms with E-state index in [1.165, 1.54) is 56.2 Å². The van der Waals surface area contributed by atoms with Crippen molar-refractivity contribution in [1.29, 1.82) is 0 Å². The third-order valence-electron chi connectivity index (χ3n) is 9.46. The first-order chi connectivity index (χ1) is 11.4. The SMILES string of the molecule is C[C@]12Cc3cn[nH]c3C[C@@H]1CC[C@H]1[C@H]2CC[C@]2(C)[C@H]1CC[C@@]2(C)O. The van der Waals surface area contributed by atoms with Gasteiger partial charge in [-0.05, 0) is 98.4 Å². The van der Waals surface area contributed by atoms with Crippen LogP contribution in [0.2, 0.25) is 0 Å². The van der Waals surface area contributed by atoms with E-state index in [1.807, 2.05) is 0 Å². The summed E-state index contributed by atoms with van der Waals surface area (Å²) in [6, 6.07) is 0. The molecule has 3 nitrogen and oxygen atoms in total. The summed E-state index contributed by atoms with van der Waals surface area (Å²) in [6.45, 7) is 7.09. The molecule has 0 unspecified atom stereocenters. The van der Waals surface area contributed by atoms with Crippen molar-refractivity contribution in [3.63, 3.8) is 0 Å². The molecule has 0 saturated heterocycles. The van der Waals surface area contributed by atoms with Gasteiger partial charge in [0.15, 0.2) is 0 Å². The maximum atomic E-state index is 11.0. The third kappa shape index (κ3) is 1.75. The number of aromatic nitrogens is 2. The van der Waals surface area contributed by atoms with Gasteiger partial charge in [-0.15, -0.1) is 0 Å². The molecule has 0 bridgehead atoms. The Morgan fingerprint density at radius 1 is 1.08 bits per heavy atom. The second-order valence-electron chi connectivity index (χ2n) is 10.2. The molecule has 24 heavy (non-hydrogen) atoms. The summed E-state index contributed by atoms with van der Waals surface area (Å²) in [6.07, 6.45) is 12.0. The van der Waals surface area contributed by atoms with Crippen molar-refractivity contribution in [2.24, 2.45) is 34.5 Å². The number of nitrogens with zero attached hydrogens (tertiary/aromatic N) is 1. The number of rotatable bonds is 0. The van der Waals surface area contributed by atoms with Crippen molar-refractivity contribution in [3.8, 4) is 0 Å². The van der Waals surface area contributed by atoms with Gasteiger partial charge in [0, 0.05) is 5.69 Å². The smallest absolute Gasteiger partial charge is 0.0675 e. The van der Waals surface area contributed by atoms with E-state index in [0.717, 1.165) is 30.1 Å². The topological polar surface area (TPSA) is 48.9 Å². The molecule has 0 amide bonds. The number of hydrogen-bond acceptors (Lipinski definition) is 2. The van der Waals surface area contributed by atoms with Crippen LogP contribution in [-0.2, 0) is 12.8 Å². The van der Waals surface area contributed by atoms with Crippen LogP contribution in [0.5, 0.6) is 0 Å². The first-order valence-electron chi connectivity index (χ1n) is 10.1. The highest BCUT2D eigenvalue weighted by atomic mass is 16.3. The standard InChI is InChI=1S/C21H32N2O/c1-19-11-13-12-22-23-18(13)10-14(19)4-5-15-16(19)6-8-20(2)17(15)7-9-21(20,3)24/h12,14-17,24H,4-11H2,1-3H3,(H,22,23)/t14-,15-,16+,17-,19-,20+,21+/m0/s1. The quantitative estimate of drug-likeness (QED) is 0.752. The monoisotopic (exact) mass is 328 g/mol. The van der Waals surface area contributed by atoms with Crippen LogP contribution in [0.15, 0.2) is 6.20 Å². The van der Waals surface area contributed by atoms with Gasteiger partial charge in [0.25, 0.3) is 0 Å². The van der Waals surface area contributed by atoms with E-state index in [-0.39, 0.29) is 5.41 Å². The highest BCUT2D eigenvalue weighted by Gasteiger charge is 2.63. The largest absolute Gasteiger partial charge is 0.390 e. The van der Waals surface area contributed by atoms with Crippen molar-refractivity contribution in [3.05, 3.63) is 17.5 Å². The van der Waals surface area contributed by atoms with Crippen LogP contribution in [-0.4, -0.2) is 20.9 Å². The fourth-order valence-electron chi connectivity index (χ4n) is 7.71. The molecule has 1 heterocycles. The van der Waals surface area contributed by atoms with Gasteiger partial charge >= 0.3 is 0 Å². The average Bonchev–Trinajstić information content (AvgIpc) is 3.06. The Hall–Kier alpha value is -0.830. The van der Waals surface area contributed by atoms with Crippen LogP contribution in [0.1, 0.15) is 70.6 Å². The highest BCUT2D eigenvalue weighted by Crippen LogP contribution is 2.67. The summed E-state index contributed by atoms with van der Waals surface area (Å²) >= 11 is 0. The lowest BCUT2D eigenvalue weighted by atomic mass is 9.44. The minimum absolute atomic E-state index is 0.146. The Morgan fingerprint density at radius 2 is 1.88 bits per heavy atom. The molecule has 3 heteroatoms. The fourth-order valence-corrected chi connectivity index (χ4v) is 7.71. The number of fused-ring (bicyclic) bond motifs is 6. The number of aliphatic hydroxyl groups is 1. The first kappa shape index (κ1) is 15.4. The van der Waals surface area contributed by atoms with Gasteiger partial charge < -0.3 is 5.11 Å². The number of nitrogens with one attached hydrogen (secondary N) is 1. The lowest BCUT2D eigenvalue weighted by molar-refractivity contribution is -0.139. The van der Waals surface area contributed by atoms with Gasteiger partial charge in [-0.25, -0.2) is 0 Å². The van der Waals surface area contributed by atoms with E-state index in [2.05, 4.69) is 37.2 Å². The predicted molar refractivity (Wildman–Crippen MR) is 94.5 cm³/mol. The van der Waals surface area contributed by atoms with E-state index >= 15 is 0 Å². The molecule has 3 fully saturated rings. The molecule has 1 aromatic rings. The lowest BCUT2D eigenvalue weighted by Gasteiger charge is -2.60. The molecule has 4 aliphatic rings. The molecule has 7 atom stereocenters. The summed E-state index contributed by atoms with van der Waals surface area (Å²) in [5, 5.41) is 18.6. The molecule has 0 aromatic carbocycles. The Balaban J connectivity index is 1.50. The zero-order valence-electron chi connectivity index (χ0n) is 15.4. The van der Waals surface area contributed by atoms with Gasteiger partial charge in [0.2, 0.25) is 0 Å². The summed E-state index contributed by atoms with van der Waals surface area (Å²) in [5.41, 5.74) is 3.01. The summed E-state index contributed by atoms with van der Waals surface area (Å²) in [7, 11) is 0. The van der Waals surface area contributed by atoms with Crippen molar-refractivity contribution in [2.75, 3.05) is 0 Å². The zero-order valence-corrected chi connectivity index (χ0v) is 15.4. The lowest BCUT2D eigenvalue weighted by Crippen LogP contribution is -2.56. The van der Waals surface area contributed by atoms with Crippen LogP contribution in [0.4, 0.5) is 0 Å². The summed E-state index contributed by atoms with van der Waals surface area (Å²) in [4.78, 5) is 0. The Morgan fingerprint density at radius 3 is 2.71 bits per heavy atom. The minimum Gasteiger partial charge on any atom is -0.390 e. The predicted octanol–water partition coefficient (Wildman–Crippen LogP) is 4.12. The van der Waals surface area contributed by atoms with Crippen LogP contribution in [0.25, 0.3) is 0 Å². The average molecular weight is 329 g/mol. The maximum Gasteiger partial charge on any atom is 0.0675 e. The first-order valence-corrected chi connectivity index (χ1v) is 10.1. The zero-order chi connectivity index (χ0) is 16.7. The molecule has 5 rings (SSSR count). The third-order valence-corrected chi connectivity index (χ3v) is 9.46. The second kappa shape index (κ2) is 4.66. The number of hydrogen-bond donors (Lipinski definition) is 2. The molecular formula is C21H32N2O. The maximum absolute atomic E-state index is 11.0. The van der Waals surface area contributed by atoms with E-state index in [1.54, 1.807) is 0 Å².